The van der Waals surface area contributed by atoms with Crippen molar-refractivity contribution in [2.75, 3.05) is 30.6 Å². The highest BCUT2D eigenvalue weighted by molar-refractivity contribution is 8.03. The van der Waals surface area contributed by atoms with Crippen molar-refractivity contribution in [1.29, 1.82) is 5.26 Å². The zero-order chi connectivity index (χ0) is 29.5. The number of nitrogens with zero attached hydrogens (tertiary/aromatic N) is 1. The van der Waals surface area contributed by atoms with E-state index in [2.05, 4.69) is 22.0 Å². The highest BCUT2D eigenvalue weighted by Gasteiger charge is 2.37. The highest BCUT2D eigenvalue weighted by Crippen LogP contribution is 2.41. The SMILES string of the molecule is COC(=O)c1ccccc1NC(=O)C1=C(C)NC(SCC(=O)Nc2cc(Cl)ccc2OC)=C(C#N)[C@@H]1c1ccco1. The molecule has 3 N–H and O–H groups in total. The summed E-state index contributed by atoms with van der Waals surface area (Å²) in [6.45, 7) is 1.68. The van der Waals surface area contributed by atoms with Gasteiger partial charge in [-0.25, -0.2) is 4.79 Å². The molecule has 1 aliphatic heterocycles. The van der Waals surface area contributed by atoms with Crippen molar-refractivity contribution < 1.29 is 28.3 Å². The van der Waals surface area contributed by atoms with Crippen LogP contribution in [0.15, 0.2) is 87.1 Å². The number of dihydropyridines is 1. The fourth-order valence-electron chi connectivity index (χ4n) is 4.24. The van der Waals surface area contributed by atoms with Crippen LogP contribution >= 0.6 is 23.4 Å². The number of halogens is 1. The molecule has 0 saturated carbocycles. The lowest BCUT2D eigenvalue weighted by atomic mass is 9.85. The van der Waals surface area contributed by atoms with E-state index in [0.717, 1.165) is 11.8 Å². The van der Waals surface area contributed by atoms with Gasteiger partial charge in [-0.2, -0.15) is 5.26 Å². The summed E-state index contributed by atoms with van der Waals surface area (Å²) < 4.78 is 15.7. The highest BCUT2D eigenvalue weighted by atomic mass is 35.5. The minimum Gasteiger partial charge on any atom is -0.495 e. The molecule has 0 aliphatic carbocycles. The molecule has 2 amide bonds. The molecule has 210 valence electrons. The Balaban J connectivity index is 1.61. The van der Waals surface area contributed by atoms with Crippen LogP contribution in [0.2, 0.25) is 5.02 Å². The van der Waals surface area contributed by atoms with Gasteiger partial charge in [0.05, 0.1) is 71.3 Å². The van der Waals surface area contributed by atoms with Gasteiger partial charge in [0.25, 0.3) is 5.91 Å². The van der Waals surface area contributed by atoms with E-state index in [1.54, 1.807) is 55.5 Å². The Bertz CT molecular complexity index is 1590. The van der Waals surface area contributed by atoms with Crippen LogP contribution < -0.4 is 20.7 Å². The van der Waals surface area contributed by atoms with E-state index >= 15 is 0 Å². The monoisotopic (exact) mass is 592 g/mol. The standard InChI is InChI=1S/C29H25ClN4O6S/c1-16-25(27(36)34-20-8-5-4-7-18(20)29(37)39-3)26(23-9-6-12-40-23)19(14-31)28(32-16)41-15-24(35)33-21-13-17(30)10-11-22(21)38-2/h4-13,26,32H,15H2,1-3H3,(H,33,35)(H,34,36)/t26-/m1/s1. The number of nitriles is 1. The van der Waals surface area contributed by atoms with Crippen LogP contribution in [-0.4, -0.2) is 37.8 Å². The summed E-state index contributed by atoms with van der Waals surface area (Å²) in [5.74, 6) is -1.64. The van der Waals surface area contributed by atoms with Gasteiger partial charge in [0, 0.05) is 10.7 Å². The lowest BCUT2D eigenvalue weighted by Crippen LogP contribution is -2.31. The summed E-state index contributed by atoms with van der Waals surface area (Å²) in [4.78, 5) is 38.7. The molecule has 41 heavy (non-hydrogen) atoms. The van der Waals surface area contributed by atoms with Gasteiger partial charge < -0.3 is 29.8 Å². The van der Waals surface area contributed by atoms with E-state index in [4.69, 9.17) is 25.5 Å². The number of carbonyl (C=O) groups excluding carboxylic acids is 3. The molecule has 0 unspecified atom stereocenters. The van der Waals surface area contributed by atoms with Gasteiger partial charge in [-0.05, 0) is 49.4 Å². The number of allylic oxidation sites excluding steroid dienone is 2. The van der Waals surface area contributed by atoms with Crippen LogP contribution in [0.1, 0.15) is 29.0 Å². The molecule has 12 heteroatoms. The second-order valence-corrected chi connectivity index (χ2v) is 10.1. The Morgan fingerprint density at radius 2 is 1.88 bits per heavy atom. The van der Waals surface area contributed by atoms with E-state index in [9.17, 15) is 19.6 Å². The molecule has 1 aromatic heterocycles. The number of hydrogen-bond donors (Lipinski definition) is 3. The number of amides is 2. The van der Waals surface area contributed by atoms with E-state index in [-0.39, 0.29) is 34.1 Å². The van der Waals surface area contributed by atoms with Gasteiger partial charge in [0.2, 0.25) is 5.91 Å². The van der Waals surface area contributed by atoms with Gasteiger partial charge in [-0.1, -0.05) is 35.5 Å². The summed E-state index contributed by atoms with van der Waals surface area (Å²) in [6, 6.07) is 16.8. The van der Waals surface area contributed by atoms with Crippen LogP contribution in [-0.2, 0) is 14.3 Å². The number of hydrogen-bond acceptors (Lipinski definition) is 9. The molecule has 3 aromatic rings. The topological polar surface area (TPSA) is 143 Å². The summed E-state index contributed by atoms with van der Waals surface area (Å²) in [6.07, 6.45) is 1.45. The van der Waals surface area contributed by atoms with Gasteiger partial charge in [-0.3, -0.25) is 9.59 Å². The molecule has 0 spiro atoms. The third-order valence-corrected chi connectivity index (χ3v) is 7.34. The summed E-state index contributed by atoms with van der Waals surface area (Å²) in [7, 11) is 2.73. The molecule has 2 aromatic carbocycles. The minimum atomic E-state index is -0.875. The molecule has 0 saturated heterocycles. The molecule has 4 rings (SSSR count). The zero-order valence-corrected chi connectivity index (χ0v) is 23.8. The Hall–Kier alpha value is -4.66. The van der Waals surface area contributed by atoms with Crippen molar-refractivity contribution in [1.82, 2.24) is 5.32 Å². The Kier molecular flexibility index (Phi) is 9.39. The molecule has 1 aliphatic rings. The first kappa shape index (κ1) is 29.3. The molecule has 1 atom stereocenters. The summed E-state index contributed by atoms with van der Waals surface area (Å²) in [5.41, 5.74) is 1.68. The third-order valence-electron chi connectivity index (χ3n) is 6.08. The fraction of sp³-hybridized carbons (Fsp3) is 0.172. The Labute approximate surface area is 245 Å². The molecule has 10 nitrogen and oxygen atoms in total. The van der Waals surface area contributed by atoms with Crippen LogP contribution in [0, 0.1) is 11.3 Å². The number of nitrogens with one attached hydrogen (secondary N) is 3. The summed E-state index contributed by atoms with van der Waals surface area (Å²) in [5, 5.41) is 19.7. The largest absolute Gasteiger partial charge is 0.495 e. The number of methoxy groups -OCH3 is 2. The zero-order valence-electron chi connectivity index (χ0n) is 22.2. The number of anilines is 2. The van der Waals surface area contributed by atoms with Gasteiger partial charge in [0.1, 0.15) is 11.5 Å². The number of benzene rings is 2. The van der Waals surface area contributed by atoms with E-state index < -0.39 is 17.8 Å². The molecule has 2 heterocycles. The second-order valence-electron chi connectivity index (χ2n) is 8.64. The smallest absolute Gasteiger partial charge is 0.339 e. The second kappa shape index (κ2) is 13.1. The number of para-hydroxylation sites is 1. The maximum absolute atomic E-state index is 13.6. The van der Waals surface area contributed by atoms with Gasteiger partial charge in [0.15, 0.2) is 0 Å². The van der Waals surface area contributed by atoms with Crippen LogP contribution in [0.3, 0.4) is 0 Å². The lowest BCUT2D eigenvalue weighted by molar-refractivity contribution is -0.114. The van der Waals surface area contributed by atoms with Crippen LogP contribution in [0.4, 0.5) is 11.4 Å². The van der Waals surface area contributed by atoms with Gasteiger partial charge >= 0.3 is 5.97 Å². The number of thioether (sulfide) groups is 1. The number of rotatable bonds is 9. The number of carbonyl (C=O) groups is 3. The summed E-state index contributed by atoms with van der Waals surface area (Å²) >= 11 is 7.16. The van der Waals surface area contributed by atoms with Crippen molar-refractivity contribution in [2.45, 2.75) is 12.8 Å². The molecule has 0 fully saturated rings. The normalized spacial score (nSPS) is 14.6. The fourth-order valence-corrected chi connectivity index (χ4v) is 5.30. The average molecular weight is 593 g/mol. The Morgan fingerprint density at radius 1 is 1.10 bits per heavy atom. The van der Waals surface area contributed by atoms with E-state index in [1.807, 2.05) is 0 Å². The lowest BCUT2D eigenvalue weighted by Gasteiger charge is -2.28. The average Bonchev–Trinajstić information content (AvgIpc) is 3.50. The first-order valence-corrected chi connectivity index (χ1v) is 13.5. The van der Waals surface area contributed by atoms with Crippen molar-refractivity contribution in [3.63, 3.8) is 0 Å². The van der Waals surface area contributed by atoms with Crippen molar-refractivity contribution in [3.05, 3.63) is 99.1 Å². The van der Waals surface area contributed by atoms with E-state index in [0.29, 0.717) is 32.9 Å². The molecular weight excluding hydrogens is 568 g/mol. The van der Waals surface area contributed by atoms with Crippen molar-refractivity contribution >= 4 is 52.5 Å². The molecule has 0 radical (unpaired) electrons. The predicted molar refractivity (Wildman–Crippen MR) is 155 cm³/mol. The van der Waals surface area contributed by atoms with Crippen LogP contribution in [0.25, 0.3) is 0 Å². The van der Waals surface area contributed by atoms with Crippen LogP contribution in [0.5, 0.6) is 5.75 Å². The minimum absolute atomic E-state index is 0.0601. The first-order valence-electron chi connectivity index (χ1n) is 12.2. The third kappa shape index (κ3) is 6.57. The Morgan fingerprint density at radius 3 is 2.56 bits per heavy atom. The van der Waals surface area contributed by atoms with Gasteiger partial charge in [-0.15, -0.1) is 0 Å². The number of furan rings is 1. The number of ether oxygens (including phenoxy) is 2. The molecule has 0 bridgehead atoms. The quantitative estimate of drug-likeness (QED) is 0.277. The number of esters is 1. The van der Waals surface area contributed by atoms with Crippen molar-refractivity contribution in [2.24, 2.45) is 0 Å². The van der Waals surface area contributed by atoms with E-state index in [1.165, 1.54) is 26.5 Å². The predicted octanol–water partition coefficient (Wildman–Crippen LogP) is 5.43. The maximum Gasteiger partial charge on any atom is 0.339 e. The van der Waals surface area contributed by atoms with Crippen molar-refractivity contribution in [3.8, 4) is 11.8 Å². The maximum atomic E-state index is 13.6. The first-order chi connectivity index (χ1) is 19.8. The molecular formula is C29H25ClN4O6S.